The maximum absolute atomic E-state index is 14.1. The van der Waals surface area contributed by atoms with Gasteiger partial charge in [0.15, 0.2) is 5.78 Å². The molecule has 0 spiro atoms. The van der Waals surface area contributed by atoms with Gasteiger partial charge >= 0.3 is 0 Å². The zero-order valence-electron chi connectivity index (χ0n) is 20.7. The first-order chi connectivity index (χ1) is 18.3. The highest BCUT2D eigenvalue weighted by atomic mass is 32.2. The molecule has 38 heavy (non-hydrogen) atoms. The Labute approximate surface area is 220 Å². The third-order valence-electron chi connectivity index (χ3n) is 7.44. The number of nitrogens with zero attached hydrogens (tertiary/aromatic N) is 4. The zero-order chi connectivity index (χ0) is 26.5. The van der Waals surface area contributed by atoms with Gasteiger partial charge < -0.3 is 0 Å². The highest BCUT2D eigenvalue weighted by molar-refractivity contribution is 7.89. The average molecular weight is 529 g/mol. The second-order valence-electron chi connectivity index (χ2n) is 9.82. The lowest BCUT2D eigenvalue weighted by atomic mass is 9.65. The van der Waals surface area contributed by atoms with Crippen molar-refractivity contribution >= 4 is 21.9 Å². The number of halogens is 1. The number of piperidine rings is 1. The molecule has 3 heterocycles. The molecule has 1 aliphatic heterocycles. The van der Waals surface area contributed by atoms with E-state index >= 15 is 0 Å². The van der Waals surface area contributed by atoms with Crippen molar-refractivity contribution in [2.45, 2.75) is 24.7 Å². The Hall–Kier alpha value is -3.95. The summed E-state index contributed by atoms with van der Waals surface area (Å²) in [5.41, 5.74) is 3.32. The van der Waals surface area contributed by atoms with Crippen LogP contribution in [0.15, 0.2) is 89.6 Å². The number of carbonyl (C=O) groups is 1. The van der Waals surface area contributed by atoms with Gasteiger partial charge in [0.2, 0.25) is 10.0 Å². The fourth-order valence-corrected chi connectivity index (χ4v) is 6.91. The monoisotopic (exact) mass is 528 g/mol. The minimum atomic E-state index is -3.83. The second kappa shape index (κ2) is 9.11. The molecule has 0 bridgehead atoms. The van der Waals surface area contributed by atoms with Crippen molar-refractivity contribution in [3.63, 3.8) is 0 Å². The molecule has 2 aromatic heterocycles. The summed E-state index contributed by atoms with van der Waals surface area (Å²) >= 11 is 0. The van der Waals surface area contributed by atoms with Crippen molar-refractivity contribution in [2.24, 2.45) is 5.41 Å². The molecule has 1 aliphatic carbocycles. The highest BCUT2D eigenvalue weighted by Gasteiger charge is 2.51. The van der Waals surface area contributed by atoms with Gasteiger partial charge in [0.1, 0.15) is 11.5 Å². The van der Waals surface area contributed by atoms with Crippen molar-refractivity contribution in [1.82, 2.24) is 19.1 Å². The quantitative estimate of drug-likeness (QED) is 0.353. The zero-order valence-corrected chi connectivity index (χ0v) is 21.5. The summed E-state index contributed by atoms with van der Waals surface area (Å²) in [5.74, 6) is -0.552. The van der Waals surface area contributed by atoms with E-state index < -0.39 is 15.4 Å². The molecule has 2 aromatic carbocycles. The van der Waals surface area contributed by atoms with Crippen LogP contribution in [0.4, 0.5) is 4.39 Å². The van der Waals surface area contributed by atoms with Gasteiger partial charge in [0.25, 0.3) is 0 Å². The number of aromatic nitrogens is 3. The van der Waals surface area contributed by atoms with E-state index in [2.05, 4.69) is 10.1 Å². The van der Waals surface area contributed by atoms with Crippen molar-refractivity contribution in [3.05, 3.63) is 113 Å². The Balaban J connectivity index is 1.45. The maximum Gasteiger partial charge on any atom is 0.243 e. The summed E-state index contributed by atoms with van der Waals surface area (Å²) in [7, 11) is -3.83. The number of rotatable bonds is 5. The van der Waals surface area contributed by atoms with Gasteiger partial charge in [-0.2, -0.15) is 9.40 Å². The van der Waals surface area contributed by atoms with Crippen LogP contribution in [0.3, 0.4) is 0 Å². The first-order valence-electron chi connectivity index (χ1n) is 12.3. The van der Waals surface area contributed by atoms with Crippen LogP contribution in [0.25, 0.3) is 11.8 Å². The summed E-state index contributed by atoms with van der Waals surface area (Å²) in [6.45, 7) is 2.16. The molecular formula is C29H25FN4O3S. The number of ketones is 1. The summed E-state index contributed by atoms with van der Waals surface area (Å²) < 4.78 is 44.0. The predicted molar refractivity (Wildman–Crippen MR) is 141 cm³/mol. The Morgan fingerprint density at radius 3 is 2.50 bits per heavy atom. The molecule has 1 atom stereocenters. The summed E-state index contributed by atoms with van der Waals surface area (Å²) in [4.78, 5) is 18.7. The van der Waals surface area contributed by atoms with Crippen LogP contribution in [-0.4, -0.2) is 46.4 Å². The normalized spacial score (nSPS) is 19.4. The van der Waals surface area contributed by atoms with Gasteiger partial charge in [0.05, 0.1) is 27.9 Å². The van der Waals surface area contributed by atoms with Crippen molar-refractivity contribution in [1.29, 1.82) is 0 Å². The molecule has 1 fully saturated rings. The lowest BCUT2D eigenvalue weighted by Crippen LogP contribution is -2.53. The van der Waals surface area contributed by atoms with E-state index in [1.54, 1.807) is 71.7 Å². The maximum atomic E-state index is 14.1. The van der Waals surface area contributed by atoms with Gasteiger partial charge in [0, 0.05) is 19.3 Å². The SMILES string of the molecule is Cc1ccc(S(=O)(=O)N2CCC3=Cc4c(cnn4-c4ccc(F)cc4)CC3(C(=O)c3ccccn3)C2)cc1. The molecule has 1 saturated heterocycles. The topological polar surface area (TPSA) is 85.2 Å². The number of carbonyl (C=O) groups excluding carboxylic acids is 1. The van der Waals surface area contributed by atoms with E-state index in [4.69, 9.17) is 0 Å². The lowest BCUT2D eigenvalue weighted by molar-refractivity contribution is 0.0770. The van der Waals surface area contributed by atoms with Gasteiger partial charge in [-0.3, -0.25) is 9.78 Å². The molecule has 0 N–H and O–H groups in total. The van der Waals surface area contributed by atoms with Crippen LogP contribution in [0.1, 0.15) is 33.7 Å². The third kappa shape index (κ3) is 3.99. The Kier molecular flexibility index (Phi) is 5.85. The van der Waals surface area contributed by atoms with E-state index in [9.17, 15) is 17.6 Å². The number of hydrogen-bond donors (Lipinski definition) is 0. The van der Waals surface area contributed by atoms with Crippen LogP contribution >= 0.6 is 0 Å². The van der Waals surface area contributed by atoms with E-state index in [1.165, 1.54) is 16.4 Å². The fourth-order valence-electron chi connectivity index (χ4n) is 5.41. The number of benzene rings is 2. The minimum absolute atomic E-state index is 0.00557. The lowest BCUT2D eigenvalue weighted by Gasteiger charge is -2.44. The molecule has 9 heteroatoms. The van der Waals surface area contributed by atoms with E-state index in [0.29, 0.717) is 17.8 Å². The number of hydrogen-bond acceptors (Lipinski definition) is 5. The standard InChI is InChI=1S/C29H25FN4O3S/c1-20-5-11-25(12-6-20)38(36,37)33-15-13-22-16-27-21(18-32-34(27)24-9-7-23(30)8-10-24)17-29(22,19-33)28(35)26-4-2-3-14-31-26/h2-12,14,16,18H,13,15,17,19H2,1H3. The largest absolute Gasteiger partial charge is 0.291 e. The van der Waals surface area contributed by atoms with Crippen molar-refractivity contribution in [2.75, 3.05) is 13.1 Å². The molecule has 7 nitrogen and oxygen atoms in total. The van der Waals surface area contributed by atoms with Crippen LogP contribution in [0, 0.1) is 18.2 Å². The predicted octanol–water partition coefficient (Wildman–Crippen LogP) is 4.62. The van der Waals surface area contributed by atoms with Crippen molar-refractivity contribution in [3.8, 4) is 5.69 Å². The van der Waals surface area contributed by atoms with Gasteiger partial charge in [-0.1, -0.05) is 29.3 Å². The van der Waals surface area contributed by atoms with Gasteiger partial charge in [-0.15, -0.1) is 0 Å². The number of pyridine rings is 1. The molecule has 0 radical (unpaired) electrons. The van der Waals surface area contributed by atoms with Crippen LogP contribution < -0.4 is 0 Å². The molecule has 1 unspecified atom stereocenters. The molecule has 4 aromatic rings. The summed E-state index contributed by atoms with van der Waals surface area (Å²) in [5, 5.41) is 4.53. The number of fused-ring (bicyclic) bond motifs is 2. The first-order valence-corrected chi connectivity index (χ1v) is 13.8. The summed E-state index contributed by atoms with van der Waals surface area (Å²) in [6.07, 6.45) is 5.89. The number of aryl methyl sites for hydroxylation is 1. The second-order valence-corrected chi connectivity index (χ2v) is 11.8. The number of Topliss-reactive ketones (excluding diaryl/α,β-unsaturated/α-hetero) is 1. The average Bonchev–Trinajstić information content (AvgIpc) is 3.34. The van der Waals surface area contributed by atoms with Crippen LogP contribution in [-0.2, 0) is 16.4 Å². The Morgan fingerprint density at radius 1 is 1.03 bits per heavy atom. The Morgan fingerprint density at radius 2 is 1.79 bits per heavy atom. The molecule has 0 amide bonds. The van der Waals surface area contributed by atoms with Crippen molar-refractivity contribution < 1.29 is 17.6 Å². The van der Waals surface area contributed by atoms with Crippen LogP contribution in [0.2, 0.25) is 0 Å². The number of sulfonamides is 1. The molecule has 192 valence electrons. The Bertz CT molecular complexity index is 1660. The summed E-state index contributed by atoms with van der Waals surface area (Å²) in [6, 6.07) is 18.0. The van der Waals surface area contributed by atoms with Crippen LogP contribution in [0.5, 0.6) is 0 Å². The minimum Gasteiger partial charge on any atom is -0.291 e. The molecule has 2 aliphatic rings. The highest BCUT2D eigenvalue weighted by Crippen LogP contribution is 2.47. The van der Waals surface area contributed by atoms with E-state index in [1.807, 2.05) is 13.0 Å². The molecule has 6 rings (SSSR count). The van der Waals surface area contributed by atoms with Gasteiger partial charge in [-0.05, 0) is 79.9 Å². The third-order valence-corrected chi connectivity index (χ3v) is 9.30. The van der Waals surface area contributed by atoms with E-state index in [0.717, 1.165) is 22.4 Å². The van der Waals surface area contributed by atoms with Gasteiger partial charge in [-0.25, -0.2) is 17.5 Å². The molecule has 0 saturated carbocycles. The fraction of sp³-hybridized carbons (Fsp3) is 0.207. The molecular weight excluding hydrogens is 503 g/mol. The smallest absolute Gasteiger partial charge is 0.243 e. The first kappa shape index (κ1) is 24.4. The van der Waals surface area contributed by atoms with E-state index in [-0.39, 0.29) is 36.0 Å².